The molecule has 0 radical (unpaired) electrons. The van der Waals surface area contributed by atoms with E-state index in [1.165, 1.54) is 99.3 Å². The first kappa shape index (κ1) is 26.4. The average Bonchev–Trinajstić information content (AvgIpc) is 2.93. The molecule has 1 aliphatic carbocycles. The molecule has 2 fully saturated rings. The standard InChI is InChI=1S/C33H48O2/c1-3-5-7-8-9-11-32-24-35-33(25-34-32)31-22-20-30(21-23-31)29-18-16-28(17-19-29)27-14-12-26(13-15-27)10-6-4-2/h16-23,26-27,32-33H,3-15,24-25H2,1-2H3/t26?,27?,32-,33-/m1/s1. The van der Waals surface area contributed by atoms with E-state index < -0.39 is 0 Å². The predicted octanol–water partition coefficient (Wildman–Crippen LogP) is 9.63. The highest BCUT2D eigenvalue weighted by atomic mass is 16.6. The van der Waals surface area contributed by atoms with Crippen molar-refractivity contribution in [1.29, 1.82) is 0 Å². The van der Waals surface area contributed by atoms with Crippen LogP contribution in [0.4, 0.5) is 0 Å². The van der Waals surface area contributed by atoms with Crippen molar-refractivity contribution in [2.45, 2.75) is 115 Å². The van der Waals surface area contributed by atoms with E-state index in [4.69, 9.17) is 9.47 Å². The molecule has 35 heavy (non-hydrogen) atoms. The molecule has 2 aromatic carbocycles. The Hall–Kier alpha value is -1.64. The lowest BCUT2D eigenvalue weighted by molar-refractivity contribution is -0.137. The Labute approximate surface area is 214 Å². The Bertz CT molecular complexity index is 824. The molecule has 1 saturated heterocycles. The molecule has 2 nitrogen and oxygen atoms in total. The molecule has 1 heterocycles. The first-order chi connectivity index (χ1) is 17.3. The third-order valence-electron chi connectivity index (χ3n) is 8.41. The Morgan fingerprint density at radius 3 is 1.83 bits per heavy atom. The smallest absolute Gasteiger partial charge is 0.106 e. The van der Waals surface area contributed by atoms with Gasteiger partial charge in [-0.15, -0.1) is 0 Å². The zero-order valence-corrected chi connectivity index (χ0v) is 22.4. The predicted molar refractivity (Wildman–Crippen MR) is 148 cm³/mol. The van der Waals surface area contributed by atoms with Crippen LogP contribution in [0.2, 0.25) is 0 Å². The summed E-state index contributed by atoms with van der Waals surface area (Å²) in [7, 11) is 0. The number of benzene rings is 2. The summed E-state index contributed by atoms with van der Waals surface area (Å²) in [5, 5.41) is 0. The van der Waals surface area contributed by atoms with Gasteiger partial charge in [-0.25, -0.2) is 0 Å². The molecule has 2 aliphatic rings. The lowest BCUT2D eigenvalue weighted by atomic mass is 9.77. The molecule has 2 heteroatoms. The maximum atomic E-state index is 6.19. The van der Waals surface area contributed by atoms with Gasteiger partial charge in [0.2, 0.25) is 0 Å². The molecule has 0 aromatic heterocycles. The summed E-state index contributed by atoms with van der Waals surface area (Å²) < 4.78 is 12.3. The molecular weight excluding hydrogens is 428 g/mol. The van der Waals surface area contributed by atoms with Gasteiger partial charge in [0.15, 0.2) is 0 Å². The van der Waals surface area contributed by atoms with Crippen molar-refractivity contribution in [1.82, 2.24) is 0 Å². The zero-order valence-electron chi connectivity index (χ0n) is 22.4. The SMILES string of the molecule is CCCCCCC[C@@H]1CO[C@@H](c2ccc(-c3ccc(C4CCC(CCCC)CC4)cc3)cc2)CO1. The minimum absolute atomic E-state index is 0.0650. The van der Waals surface area contributed by atoms with Crippen LogP contribution in [0, 0.1) is 5.92 Å². The zero-order chi connectivity index (χ0) is 24.3. The van der Waals surface area contributed by atoms with E-state index in [9.17, 15) is 0 Å². The molecule has 2 atom stereocenters. The number of rotatable bonds is 12. The van der Waals surface area contributed by atoms with Gasteiger partial charge in [0.05, 0.1) is 19.3 Å². The van der Waals surface area contributed by atoms with Gasteiger partial charge in [-0.05, 0) is 66.2 Å². The summed E-state index contributed by atoms with van der Waals surface area (Å²) in [5.41, 5.74) is 5.35. The lowest BCUT2D eigenvalue weighted by Gasteiger charge is -2.30. The van der Waals surface area contributed by atoms with Crippen LogP contribution in [-0.4, -0.2) is 19.3 Å². The van der Waals surface area contributed by atoms with Crippen LogP contribution < -0.4 is 0 Å². The largest absolute Gasteiger partial charge is 0.373 e. The normalized spacial score (nSPS) is 25.0. The second kappa shape index (κ2) is 14.2. The monoisotopic (exact) mass is 476 g/mol. The molecule has 0 spiro atoms. The maximum absolute atomic E-state index is 6.19. The molecule has 0 amide bonds. The molecular formula is C33H48O2. The molecule has 0 N–H and O–H groups in total. The average molecular weight is 477 g/mol. The third kappa shape index (κ3) is 7.92. The van der Waals surface area contributed by atoms with E-state index in [-0.39, 0.29) is 12.2 Å². The lowest BCUT2D eigenvalue weighted by Crippen LogP contribution is -2.31. The van der Waals surface area contributed by atoms with Crippen molar-refractivity contribution in [2.75, 3.05) is 13.2 Å². The van der Waals surface area contributed by atoms with Gasteiger partial charge in [-0.1, -0.05) is 114 Å². The first-order valence-electron chi connectivity index (χ1n) is 14.7. The summed E-state index contributed by atoms with van der Waals surface area (Å²) in [6.07, 6.45) is 17.8. The summed E-state index contributed by atoms with van der Waals surface area (Å²) in [6.45, 7) is 5.97. The van der Waals surface area contributed by atoms with Crippen LogP contribution in [0.25, 0.3) is 11.1 Å². The first-order valence-corrected chi connectivity index (χ1v) is 14.7. The van der Waals surface area contributed by atoms with Crippen molar-refractivity contribution in [3.8, 4) is 11.1 Å². The van der Waals surface area contributed by atoms with Crippen LogP contribution >= 0.6 is 0 Å². The van der Waals surface area contributed by atoms with Gasteiger partial charge >= 0.3 is 0 Å². The number of hydrogen-bond donors (Lipinski definition) is 0. The second-order valence-electron chi connectivity index (χ2n) is 11.1. The summed E-state index contributed by atoms with van der Waals surface area (Å²) >= 11 is 0. The third-order valence-corrected chi connectivity index (χ3v) is 8.41. The van der Waals surface area contributed by atoms with Gasteiger partial charge in [-0.3, -0.25) is 0 Å². The van der Waals surface area contributed by atoms with E-state index in [1.54, 1.807) is 0 Å². The van der Waals surface area contributed by atoms with E-state index in [2.05, 4.69) is 62.4 Å². The molecule has 1 saturated carbocycles. The molecule has 192 valence electrons. The highest BCUT2D eigenvalue weighted by molar-refractivity contribution is 5.64. The molecule has 0 unspecified atom stereocenters. The Balaban J connectivity index is 1.23. The molecule has 1 aliphatic heterocycles. The van der Waals surface area contributed by atoms with E-state index in [1.807, 2.05) is 0 Å². The highest BCUT2D eigenvalue weighted by Gasteiger charge is 2.24. The van der Waals surface area contributed by atoms with E-state index in [0.29, 0.717) is 6.61 Å². The minimum Gasteiger partial charge on any atom is -0.373 e. The quantitative estimate of drug-likeness (QED) is 0.284. The fourth-order valence-electron chi connectivity index (χ4n) is 5.99. The van der Waals surface area contributed by atoms with Crippen LogP contribution in [-0.2, 0) is 9.47 Å². The summed E-state index contributed by atoms with van der Waals surface area (Å²) in [4.78, 5) is 0. The van der Waals surface area contributed by atoms with Gasteiger partial charge in [-0.2, -0.15) is 0 Å². The maximum Gasteiger partial charge on any atom is 0.106 e. The summed E-state index contributed by atoms with van der Waals surface area (Å²) in [5.74, 6) is 1.73. The molecule has 2 aromatic rings. The summed E-state index contributed by atoms with van der Waals surface area (Å²) in [6, 6.07) is 18.3. The van der Waals surface area contributed by atoms with Gasteiger partial charge in [0.1, 0.15) is 6.10 Å². The van der Waals surface area contributed by atoms with Crippen molar-refractivity contribution in [3.63, 3.8) is 0 Å². The minimum atomic E-state index is 0.0650. The van der Waals surface area contributed by atoms with E-state index >= 15 is 0 Å². The number of unbranched alkanes of at least 4 members (excludes halogenated alkanes) is 5. The van der Waals surface area contributed by atoms with Crippen LogP contribution in [0.5, 0.6) is 0 Å². The Morgan fingerprint density at radius 1 is 0.600 bits per heavy atom. The van der Waals surface area contributed by atoms with Crippen molar-refractivity contribution < 1.29 is 9.47 Å². The van der Waals surface area contributed by atoms with Crippen molar-refractivity contribution in [2.24, 2.45) is 5.92 Å². The van der Waals surface area contributed by atoms with Gasteiger partial charge < -0.3 is 9.47 Å². The second-order valence-corrected chi connectivity index (χ2v) is 11.1. The van der Waals surface area contributed by atoms with Gasteiger partial charge in [0.25, 0.3) is 0 Å². The van der Waals surface area contributed by atoms with E-state index in [0.717, 1.165) is 24.9 Å². The Morgan fingerprint density at radius 2 is 1.23 bits per heavy atom. The van der Waals surface area contributed by atoms with Crippen LogP contribution in [0.3, 0.4) is 0 Å². The fraction of sp³-hybridized carbons (Fsp3) is 0.636. The number of hydrogen-bond acceptors (Lipinski definition) is 2. The van der Waals surface area contributed by atoms with Crippen molar-refractivity contribution >= 4 is 0 Å². The van der Waals surface area contributed by atoms with Gasteiger partial charge in [0, 0.05) is 0 Å². The van der Waals surface area contributed by atoms with Crippen LogP contribution in [0.15, 0.2) is 48.5 Å². The Kier molecular flexibility index (Phi) is 10.7. The highest BCUT2D eigenvalue weighted by Crippen LogP contribution is 2.38. The fourth-order valence-corrected chi connectivity index (χ4v) is 5.99. The molecule has 0 bridgehead atoms. The van der Waals surface area contributed by atoms with Crippen LogP contribution in [0.1, 0.15) is 120 Å². The number of ether oxygens (including phenoxy) is 2. The topological polar surface area (TPSA) is 18.5 Å². The molecule has 4 rings (SSSR count). The van der Waals surface area contributed by atoms with Crippen molar-refractivity contribution in [3.05, 3.63) is 59.7 Å².